The number of fused-ring (bicyclic) bond motifs is 3. The highest BCUT2D eigenvalue weighted by atomic mass is 16.5. The van der Waals surface area contributed by atoms with Crippen molar-refractivity contribution in [2.75, 3.05) is 32.8 Å². The molecule has 0 spiro atoms. The summed E-state index contributed by atoms with van der Waals surface area (Å²) in [6, 6.07) is 0. The first kappa shape index (κ1) is 19.9. The fourth-order valence-electron chi connectivity index (χ4n) is 4.18. The van der Waals surface area contributed by atoms with Crippen LogP contribution in [0.25, 0.3) is 16.9 Å². The molecule has 0 saturated carbocycles. The van der Waals surface area contributed by atoms with E-state index < -0.39 is 0 Å². The monoisotopic (exact) mass is 402 g/mol. The van der Waals surface area contributed by atoms with E-state index >= 15 is 0 Å². The zero-order valence-electron chi connectivity index (χ0n) is 17.9. The second-order valence-electron chi connectivity index (χ2n) is 8.35. The fourth-order valence-corrected chi connectivity index (χ4v) is 4.18. The predicted octanol–water partition coefficient (Wildman–Crippen LogP) is 0.754. The Bertz CT molecular complexity index is 1170. The minimum Gasteiger partial charge on any atom is -0.379 e. The molecule has 0 aliphatic carbocycles. The molecule has 3 aromatic heterocycles. The van der Waals surface area contributed by atoms with Gasteiger partial charge in [0.2, 0.25) is 5.78 Å². The topological polar surface area (TPSA) is 78.7 Å². The van der Waals surface area contributed by atoms with Crippen molar-refractivity contribution in [3.05, 3.63) is 32.2 Å². The molecule has 0 atom stereocenters. The van der Waals surface area contributed by atoms with E-state index in [1.54, 1.807) is 7.05 Å². The molecular formula is C20H30N6O3. The molecule has 0 amide bonds. The molecular weight excluding hydrogens is 372 g/mol. The van der Waals surface area contributed by atoms with Gasteiger partial charge in [-0.15, -0.1) is 0 Å². The highest BCUT2D eigenvalue weighted by Gasteiger charge is 2.23. The van der Waals surface area contributed by atoms with Gasteiger partial charge in [-0.1, -0.05) is 13.8 Å². The zero-order chi connectivity index (χ0) is 20.9. The smallest absolute Gasteiger partial charge is 0.332 e. The molecule has 1 saturated heterocycles. The van der Waals surface area contributed by atoms with Crippen LogP contribution < -0.4 is 11.2 Å². The molecule has 4 heterocycles. The Labute approximate surface area is 169 Å². The van der Waals surface area contributed by atoms with E-state index in [0.717, 1.165) is 56.6 Å². The molecule has 0 aromatic carbocycles. The predicted molar refractivity (Wildman–Crippen MR) is 112 cm³/mol. The zero-order valence-corrected chi connectivity index (χ0v) is 17.9. The lowest BCUT2D eigenvalue weighted by molar-refractivity contribution is 0.0364. The molecule has 0 radical (unpaired) electrons. The van der Waals surface area contributed by atoms with Gasteiger partial charge >= 0.3 is 5.69 Å². The highest BCUT2D eigenvalue weighted by Crippen LogP contribution is 2.20. The third-order valence-electron chi connectivity index (χ3n) is 5.92. The molecule has 1 fully saturated rings. The summed E-state index contributed by atoms with van der Waals surface area (Å²) in [5.41, 5.74) is 2.42. The molecule has 1 aliphatic heterocycles. The van der Waals surface area contributed by atoms with E-state index in [4.69, 9.17) is 9.72 Å². The van der Waals surface area contributed by atoms with E-state index in [1.165, 1.54) is 9.13 Å². The van der Waals surface area contributed by atoms with Crippen LogP contribution in [0.4, 0.5) is 0 Å². The first-order valence-electron chi connectivity index (χ1n) is 10.3. The quantitative estimate of drug-likeness (QED) is 0.629. The summed E-state index contributed by atoms with van der Waals surface area (Å²) in [7, 11) is 1.69. The van der Waals surface area contributed by atoms with Gasteiger partial charge in [0.1, 0.15) is 0 Å². The van der Waals surface area contributed by atoms with Crippen molar-refractivity contribution < 1.29 is 4.74 Å². The average Bonchev–Trinajstić information content (AvgIpc) is 3.19. The minimum absolute atomic E-state index is 0.196. The minimum atomic E-state index is -0.314. The number of imidazole rings is 2. The summed E-state index contributed by atoms with van der Waals surface area (Å²) >= 11 is 0. The van der Waals surface area contributed by atoms with Crippen molar-refractivity contribution in [2.24, 2.45) is 13.0 Å². The van der Waals surface area contributed by atoms with Gasteiger partial charge in [-0.2, -0.15) is 4.98 Å². The first-order chi connectivity index (χ1) is 13.8. The van der Waals surface area contributed by atoms with Crippen LogP contribution in [0, 0.1) is 19.8 Å². The van der Waals surface area contributed by atoms with E-state index in [-0.39, 0.29) is 17.2 Å². The maximum Gasteiger partial charge on any atom is 0.332 e. The standard InChI is InChI=1S/C20H30N6O3/c1-13(2)12-25-18(27)16-17(22(5)20(25)28)21-19-24(14(3)15(4)26(16)19)7-6-23-8-10-29-11-9-23/h13H,6-12H2,1-5H3. The van der Waals surface area contributed by atoms with Gasteiger partial charge in [-0.3, -0.25) is 23.2 Å². The molecule has 0 bridgehead atoms. The maximum absolute atomic E-state index is 13.2. The lowest BCUT2D eigenvalue weighted by Gasteiger charge is -2.26. The van der Waals surface area contributed by atoms with Crippen LogP contribution in [0.3, 0.4) is 0 Å². The Hall–Kier alpha value is -2.39. The van der Waals surface area contributed by atoms with Crippen LogP contribution in [-0.2, 0) is 24.9 Å². The Balaban J connectivity index is 1.87. The molecule has 29 heavy (non-hydrogen) atoms. The molecule has 3 aromatic rings. The van der Waals surface area contributed by atoms with Crippen LogP contribution >= 0.6 is 0 Å². The van der Waals surface area contributed by atoms with Gasteiger partial charge in [0.25, 0.3) is 5.56 Å². The first-order valence-corrected chi connectivity index (χ1v) is 10.3. The van der Waals surface area contributed by atoms with Crippen molar-refractivity contribution in [3.63, 3.8) is 0 Å². The number of aromatic nitrogens is 5. The Kier molecular flexibility index (Phi) is 5.12. The van der Waals surface area contributed by atoms with Crippen molar-refractivity contribution in [1.82, 2.24) is 28.0 Å². The number of rotatable bonds is 5. The number of ether oxygens (including phenoxy) is 1. The summed E-state index contributed by atoms with van der Waals surface area (Å²) in [5.74, 6) is 0.917. The third kappa shape index (κ3) is 3.22. The third-order valence-corrected chi connectivity index (χ3v) is 5.92. The van der Waals surface area contributed by atoms with Crippen LogP contribution in [0.5, 0.6) is 0 Å². The van der Waals surface area contributed by atoms with Crippen LogP contribution in [-0.4, -0.2) is 60.8 Å². The van der Waals surface area contributed by atoms with Crippen molar-refractivity contribution >= 4 is 16.9 Å². The second-order valence-corrected chi connectivity index (χ2v) is 8.35. The van der Waals surface area contributed by atoms with Gasteiger partial charge in [-0.25, -0.2) is 4.79 Å². The molecule has 0 N–H and O–H groups in total. The van der Waals surface area contributed by atoms with E-state index in [0.29, 0.717) is 17.7 Å². The number of hydrogen-bond donors (Lipinski definition) is 0. The van der Waals surface area contributed by atoms with Gasteiger partial charge in [0.15, 0.2) is 11.2 Å². The van der Waals surface area contributed by atoms with Gasteiger partial charge in [0, 0.05) is 51.2 Å². The number of hydrogen-bond acceptors (Lipinski definition) is 5. The molecule has 4 rings (SSSR count). The van der Waals surface area contributed by atoms with Crippen LogP contribution in [0.1, 0.15) is 25.2 Å². The summed E-state index contributed by atoms with van der Waals surface area (Å²) in [6.45, 7) is 13.5. The second kappa shape index (κ2) is 7.46. The summed E-state index contributed by atoms with van der Waals surface area (Å²) in [4.78, 5) is 33.1. The Morgan fingerprint density at radius 3 is 2.38 bits per heavy atom. The number of nitrogens with zero attached hydrogens (tertiary/aromatic N) is 6. The highest BCUT2D eigenvalue weighted by molar-refractivity contribution is 5.76. The number of aryl methyl sites for hydroxylation is 2. The molecule has 9 heteroatoms. The Morgan fingerprint density at radius 1 is 1.03 bits per heavy atom. The average molecular weight is 402 g/mol. The maximum atomic E-state index is 13.2. The summed E-state index contributed by atoms with van der Waals surface area (Å²) in [6.07, 6.45) is 0. The van der Waals surface area contributed by atoms with Crippen molar-refractivity contribution in [3.8, 4) is 0 Å². The van der Waals surface area contributed by atoms with Crippen molar-refractivity contribution in [2.45, 2.75) is 40.8 Å². The van der Waals surface area contributed by atoms with E-state index in [2.05, 4.69) is 16.4 Å². The van der Waals surface area contributed by atoms with E-state index in [1.807, 2.05) is 25.2 Å². The fraction of sp³-hybridized carbons (Fsp3) is 0.650. The SMILES string of the molecule is Cc1c(C)n2c3c(=O)n(CC(C)C)c(=O)n(C)c3nc2n1CCN1CCOCC1. The Morgan fingerprint density at radius 2 is 1.72 bits per heavy atom. The van der Waals surface area contributed by atoms with E-state index in [9.17, 15) is 9.59 Å². The summed E-state index contributed by atoms with van der Waals surface area (Å²) in [5, 5.41) is 0. The normalized spacial score (nSPS) is 15.9. The van der Waals surface area contributed by atoms with Crippen molar-refractivity contribution in [1.29, 1.82) is 0 Å². The van der Waals surface area contributed by atoms with Gasteiger partial charge in [0.05, 0.1) is 13.2 Å². The molecule has 9 nitrogen and oxygen atoms in total. The van der Waals surface area contributed by atoms with Crippen LogP contribution in [0.2, 0.25) is 0 Å². The van der Waals surface area contributed by atoms with Gasteiger partial charge < -0.3 is 9.30 Å². The molecule has 158 valence electrons. The van der Waals surface area contributed by atoms with Gasteiger partial charge in [-0.05, 0) is 19.8 Å². The van der Waals surface area contributed by atoms with Crippen LogP contribution in [0.15, 0.2) is 9.59 Å². The summed E-state index contributed by atoms with van der Waals surface area (Å²) < 4.78 is 12.3. The molecule has 0 unspecified atom stereocenters. The molecule has 1 aliphatic rings. The lowest BCUT2D eigenvalue weighted by atomic mass is 10.2. The number of morpholine rings is 1. The lowest BCUT2D eigenvalue weighted by Crippen LogP contribution is -2.40. The largest absolute Gasteiger partial charge is 0.379 e.